The quantitative estimate of drug-likeness (QED) is 0.189. The molecule has 2 amide bonds. The molecule has 44 heavy (non-hydrogen) atoms. The number of likely N-dealkylation sites (N-methyl/N-ethyl adjacent to an activating group) is 1. The van der Waals surface area contributed by atoms with Crippen LogP contribution in [0, 0.1) is 5.92 Å². The first-order chi connectivity index (χ1) is 21.3. The summed E-state index contributed by atoms with van der Waals surface area (Å²) in [5.74, 6) is -2.26. The second kappa shape index (κ2) is 14.2. The lowest BCUT2D eigenvalue weighted by Gasteiger charge is -2.29. The maximum atomic E-state index is 13.5. The predicted octanol–water partition coefficient (Wildman–Crippen LogP) is 6.58. The Balaban J connectivity index is 1.29. The van der Waals surface area contributed by atoms with Gasteiger partial charge in [0.1, 0.15) is 6.61 Å². The van der Waals surface area contributed by atoms with Gasteiger partial charge >= 0.3 is 12.1 Å². The van der Waals surface area contributed by atoms with Crippen molar-refractivity contribution >= 4 is 29.6 Å². The highest BCUT2D eigenvalue weighted by atomic mass is 35.5. The highest BCUT2D eigenvalue weighted by molar-refractivity contribution is 6.30. The second-order valence-corrected chi connectivity index (χ2v) is 11.6. The molecule has 0 aliphatic heterocycles. The molecular weight excluding hydrogens is 576 g/mol. The molecule has 1 aliphatic rings. The Morgan fingerprint density at radius 3 is 2.00 bits per heavy atom. The van der Waals surface area contributed by atoms with Gasteiger partial charge in [-0.3, -0.25) is 9.59 Å². The summed E-state index contributed by atoms with van der Waals surface area (Å²) in [7, 11) is 1.66. The van der Waals surface area contributed by atoms with Gasteiger partial charge in [0.25, 0.3) is 0 Å². The van der Waals surface area contributed by atoms with E-state index >= 15 is 0 Å². The van der Waals surface area contributed by atoms with Gasteiger partial charge in [0, 0.05) is 24.5 Å². The normalized spacial score (nSPS) is 13.3. The van der Waals surface area contributed by atoms with Gasteiger partial charge in [-0.2, -0.15) is 0 Å². The number of carboxylic acid groups (broad SMARTS) is 1. The van der Waals surface area contributed by atoms with E-state index in [2.05, 4.69) is 29.6 Å². The topological polar surface area (TPSA) is 95.9 Å². The average Bonchev–Trinajstić information content (AvgIpc) is 3.35. The standard InChI is InChI=1S/C36H35ClN2O5/c1-39(36(43)44-23-33-31-13-7-5-11-29(31)30-12-6-8-14-32(30)33)28(20-25-15-17-27(37)18-16-25)22-38-35(42)26(21-34(40)41)19-24-9-3-2-4-10-24/h2-18,26,28,33H,19-23H2,1H3,(H,38,42)(H,40,41)/t26-,28-/m1/s1. The third kappa shape index (κ3) is 7.47. The van der Waals surface area contributed by atoms with E-state index in [1.165, 1.54) is 4.90 Å². The van der Waals surface area contributed by atoms with Gasteiger partial charge in [0.05, 0.1) is 18.4 Å². The van der Waals surface area contributed by atoms with Crippen molar-refractivity contribution in [2.45, 2.75) is 31.2 Å². The van der Waals surface area contributed by atoms with E-state index in [-0.39, 0.29) is 31.4 Å². The van der Waals surface area contributed by atoms with Crippen molar-refractivity contribution in [2.24, 2.45) is 5.92 Å². The molecule has 0 spiro atoms. The SMILES string of the molecule is CN(C(=O)OCC1c2ccccc2-c2ccccc21)[C@@H](CNC(=O)[C@@H](CC(=O)O)Cc1ccccc1)Cc1ccc(Cl)cc1. The van der Waals surface area contributed by atoms with Crippen LogP contribution in [0.1, 0.15) is 34.6 Å². The summed E-state index contributed by atoms with van der Waals surface area (Å²) < 4.78 is 5.90. The van der Waals surface area contributed by atoms with Crippen LogP contribution in [0.5, 0.6) is 0 Å². The molecule has 0 saturated carbocycles. The number of carboxylic acids is 1. The molecule has 0 aromatic heterocycles. The van der Waals surface area contributed by atoms with Crippen LogP contribution in [0.4, 0.5) is 4.79 Å². The zero-order chi connectivity index (χ0) is 31.1. The number of carbonyl (C=O) groups excluding carboxylic acids is 2. The molecule has 2 N–H and O–H groups in total. The number of hydrogen-bond acceptors (Lipinski definition) is 4. The first-order valence-corrected chi connectivity index (χ1v) is 15.0. The minimum absolute atomic E-state index is 0.0797. The Kier molecular flexibility index (Phi) is 9.97. The van der Waals surface area contributed by atoms with Crippen LogP contribution in [0.3, 0.4) is 0 Å². The number of nitrogens with one attached hydrogen (secondary N) is 1. The third-order valence-electron chi connectivity index (χ3n) is 8.19. The Hall–Kier alpha value is -4.62. The highest BCUT2D eigenvalue weighted by Gasteiger charge is 2.31. The van der Waals surface area contributed by atoms with Crippen molar-refractivity contribution in [3.63, 3.8) is 0 Å². The summed E-state index contributed by atoms with van der Waals surface area (Å²) in [5.41, 5.74) is 6.34. The molecule has 226 valence electrons. The zero-order valence-electron chi connectivity index (χ0n) is 24.5. The lowest BCUT2D eigenvalue weighted by molar-refractivity contribution is -0.141. The van der Waals surface area contributed by atoms with E-state index < -0.39 is 24.0 Å². The number of nitrogens with zero attached hydrogens (tertiary/aromatic N) is 1. The Morgan fingerprint density at radius 2 is 1.39 bits per heavy atom. The van der Waals surface area contributed by atoms with Crippen molar-refractivity contribution < 1.29 is 24.2 Å². The number of fused-ring (bicyclic) bond motifs is 3. The maximum absolute atomic E-state index is 13.5. The zero-order valence-corrected chi connectivity index (χ0v) is 25.2. The van der Waals surface area contributed by atoms with Crippen LogP contribution in [-0.2, 0) is 27.2 Å². The van der Waals surface area contributed by atoms with E-state index in [9.17, 15) is 19.5 Å². The van der Waals surface area contributed by atoms with E-state index in [1.807, 2.05) is 66.7 Å². The number of carbonyl (C=O) groups is 3. The van der Waals surface area contributed by atoms with E-state index in [0.717, 1.165) is 33.4 Å². The van der Waals surface area contributed by atoms with Crippen LogP contribution < -0.4 is 5.32 Å². The number of hydrogen-bond donors (Lipinski definition) is 2. The van der Waals surface area contributed by atoms with Crippen LogP contribution in [0.25, 0.3) is 11.1 Å². The number of amides is 2. The fourth-order valence-electron chi connectivity index (χ4n) is 5.81. The van der Waals surface area contributed by atoms with Crippen molar-refractivity contribution in [2.75, 3.05) is 20.2 Å². The molecule has 0 fully saturated rings. The van der Waals surface area contributed by atoms with Gasteiger partial charge in [-0.05, 0) is 58.4 Å². The van der Waals surface area contributed by atoms with Crippen molar-refractivity contribution in [1.29, 1.82) is 0 Å². The summed E-state index contributed by atoms with van der Waals surface area (Å²) in [5, 5.41) is 13.0. The minimum Gasteiger partial charge on any atom is -0.481 e. The van der Waals surface area contributed by atoms with Gasteiger partial charge in [-0.25, -0.2) is 4.79 Å². The van der Waals surface area contributed by atoms with Gasteiger partial charge in [-0.15, -0.1) is 0 Å². The smallest absolute Gasteiger partial charge is 0.409 e. The molecule has 2 atom stereocenters. The third-order valence-corrected chi connectivity index (χ3v) is 8.44. The summed E-state index contributed by atoms with van der Waals surface area (Å²) in [6, 6.07) is 32.5. The Labute approximate surface area is 262 Å². The number of ether oxygens (including phenoxy) is 1. The molecule has 1 aliphatic carbocycles. The Bertz CT molecular complexity index is 1560. The molecule has 0 unspecified atom stereocenters. The number of rotatable bonds is 12. The van der Waals surface area contributed by atoms with Crippen LogP contribution >= 0.6 is 11.6 Å². The molecular formula is C36H35ClN2O5. The van der Waals surface area contributed by atoms with Crippen molar-refractivity contribution in [3.8, 4) is 11.1 Å². The fraction of sp³-hybridized carbons (Fsp3) is 0.250. The average molecular weight is 611 g/mol. The number of aliphatic carboxylic acids is 1. The van der Waals surface area contributed by atoms with Gasteiger partial charge < -0.3 is 20.1 Å². The Morgan fingerprint density at radius 1 is 0.818 bits per heavy atom. The largest absolute Gasteiger partial charge is 0.481 e. The van der Waals surface area contributed by atoms with Gasteiger partial charge in [0.2, 0.25) is 5.91 Å². The summed E-state index contributed by atoms with van der Waals surface area (Å²) >= 11 is 6.09. The summed E-state index contributed by atoms with van der Waals surface area (Å²) in [6.07, 6.45) is -0.0831. The van der Waals surface area contributed by atoms with Crippen LogP contribution in [0.2, 0.25) is 5.02 Å². The first kappa shape index (κ1) is 30.8. The molecule has 0 radical (unpaired) electrons. The van der Waals surface area contributed by atoms with E-state index in [0.29, 0.717) is 17.9 Å². The fourth-order valence-corrected chi connectivity index (χ4v) is 5.94. The van der Waals surface area contributed by atoms with Crippen molar-refractivity contribution in [1.82, 2.24) is 10.2 Å². The summed E-state index contributed by atoms with van der Waals surface area (Å²) in [4.78, 5) is 39.8. The molecule has 0 bridgehead atoms. The van der Waals surface area contributed by atoms with Crippen LogP contribution in [-0.4, -0.2) is 54.2 Å². The van der Waals surface area contributed by atoms with Crippen LogP contribution in [0.15, 0.2) is 103 Å². The molecule has 4 aromatic rings. The van der Waals surface area contributed by atoms with Gasteiger partial charge in [0.15, 0.2) is 0 Å². The summed E-state index contributed by atoms with van der Waals surface area (Å²) in [6.45, 7) is 0.294. The van der Waals surface area contributed by atoms with Crippen molar-refractivity contribution in [3.05, 3.63) is 130 Å². The highest BCUT2D eigenvalue weighted by Crippen LogP contribution is 2.44. The molecule has 0 saturated heterocycles. The molecule has 4 aromatic carbocycles. The molecule has 8 heteroatoms. The monoisotopic (exact) mass is 610 g/mol. The van der Waals surface area contributed by atoms with E-state index in [1.54, 1.807) is 19.2 Å². The maximum Gasteiger partial charge on any atom is 0.409 e. The lowest BCUT2D eigenvalue weighted by Crippen LogP contribution is -2.47. The number of benzene rings is 4. The number of halogens is 1. The van der Waals surface area contributed by atoms with E-state index in [4.69, 9.17) is 16.3 Å². The van der Waals surface area contributed by atoms with Gasteiger partial charge in [-0.1, -0.05) is 103 Å². The lowest BCUT2D eigenvalue weighted by atomic mass is 9.95. The first-order valence-electron chi connectivity index (χ1n) is 14.7. The molecule has 7 nitrogen and oxygen atoms in total. The molecule has 0 heterocycles. The predicted molar refractivity (Wildman–Crippen MR) is 171 cm³/mol. The minimum atomic E-state index is -1.05. The second-order valence-electron chi connectivity index (χ2n) is 11.1. The molecule has 5 rings (SSSR count).